The van der Waals surface area contributed by atoms with Crippen molar-refractivity contribution in [3.63, 3.8) is 0 Å². The number of carbonyl (C=O) groups is 2. The Bertz CT molecular complexity index is 934. The second kappa shape index (κ2) is 19.9. The number of hydrogen-bond acceptors (Lipinski definition) is 8. The van der Waals surface area contributed by atoms with E-state index in [0.29, 0.717) is 24.9 Å². The van der Waals surface area contributed by atoms with E-state index in [9.17, 15) is 10.2 Å². The van der Waals surface area contributed by atoms with E-state index in [4.69, 9.17) is 19.8 Å². The van der Waals surface area contributed by atoms with Gasteiger partial charge in [-0.05, 0) is 73.9 Å². The SMILES string of the molecule is CC(=O)[O-].CC(=O)[O-].CCC(C)c1ccc(O)c(C=NCCN=Cc2cc(C(C)CC)ccc2O)c1.[Co+2]. The molecule has 0 spiro atoms. The Kier molecular flexibility index (Phi) is 19.4. The minimum Gasteiger partial charge on any atom is -0.550 e. The maximum Gasteiger partial charge on any atom is 2.00 e. The summed E-state index contributed by atoms with van der Waals surface area (Å²) in [5, 5.41) is 37.8. The van der Waals surface area contributed by atoms with Crippen LogP contribution in [0.15, 0.2) is 46.4 Å². The van der Waals surface area contributed by atoms with Crippen LogP contribution in [0.5, 0.6) is 11.5 Å². The Hall–Kier alpha value is -3.17. The van der Waals surface area contributed by atoms with Crippen molar-refractivity contribution in [2.75, 3.05) is 13.1 Å². The van der Waals surface area contributed by atoms with Gasteiger partial charge in [-0.3, -0.25) is 9.98 Å². The smallest absolute Gasteiger partial charge is 0.550 e. The molecule has 2 aromatic carbocycles. The largest absolute Gasteiger partial charge is 2.00 e. The van der Waals surface area contributed by atoms with Gasteiger partial charge in [0.1, 0.15) is 11.5 Å². The molecule has 0 heterocycles. The summed E-state index contributed by atoms with van der Waals surface area (Å²) < 4.78 is 0. The molecule has 0 aliphatic carbocycles. The van der Waals surface area contributed by atoms with E-state index < -0.39 is 11.9 Å². The number of carbonyl (C=O) groups excluding carboxylic acids is 2. The first kappa shape index (κ1) is 36.0. The summed E-state index contributed by atoms with van der Waals surface area (Å²) in [6.45, 7) is 11.6. The number of aromatic hydroxyl groups is 2. The molecule has 8 nitrogen and oxygen atoms in total. The topological polar surface area (TPSA) is 145 Å². The molecular weight excluding hydrogens is 519 g/mol. The van der Waals surface area contributed by atoms with Crippen LogP contribution < -0.4 is 10.2 Å². The number of hydrogen-bond donors (Lipinski definition) is 2. The average molecular weight is 558 g/mol. The van der Waals surface area contributed by atoms with Gasteiger partial charge in [0.2, 0.25) is 0 Å². The number of carboxylic acids is 2. The van der Waals surface area contributed by atoms with Gasteiger partial charge in [0.25, 0.3) is 0 Å². The Morgan fingerprint density at radius 3 is 1.35 bits per heavy atom. The van der Waals surface area contributed by atoms with Crippen molar-refractivity contribution < 1.29 is 46.8 Å². The maximum absolute atomic E-state index is 10.0. The molecule has 2 N–H and O–H groups in total. The van der Waals surface area contributed by atoms with Crippen LogP contribution in [0.4, 0.5) is 0 Å². The number of aliphatic imine (C=N–C) groups is 2. The first-order chi connectivity index (χ1) is 16.9. The normalized spacial score (nSPS) is 11.9. The quantitative estimate of drug-likeness (QED) is 0.358. The number of nitrogens with zero attached hydrogens (tertiary/aromatic N) is 2. The zero-order chi connectivity index (χ0) is 27.7. The van der Waals surface area contributed by atoms with Crippen LogP contribution in [0.2, 0.25) is 0 Å². The number of carboxylic acid groups (broad SMARTS) is 2. The molecule has 37 heavy (non-hydrogen) atoms. The Morgan fingerprint density at radius 2 is 1.08 bits per heavy atom. The Balaban J connectivity index is 0. The predicted molar refractivity (Wildman–Crippen MR) is 140 cm³/mol. The van der Waals surface area contributed by atoms with Gasteiger partial charge < -0.3 is 30.0 Å². The molecule has 0 fully saturated rings. The molecule has 2 atom stereocenters. The first-order valence-corrected chi connectivity index (χ1v) is 11.9. The third kappa shape index (κ3) is 16.2. The summed E-state index contributed by atoms with van der Waals surface area (Å²) in [6, 6.07) is 11.4. The van der Waals surface area contributed by atoms with E-state index in [1.165, 1.54) is 11.1 Å². The van der Waals surface area contributed by atoms with E-state index in [1.807, 2.05) is 24.3 Å². The zero-order valence-corrected chi connectivity index (χ0v) is 23.4. The summed E-state index contributed by atoms with van der Waals surface area (Å²) in [6.07, 6.45) is 5.53. The number of benzene rings is 2. The molecule has 0 amide bonds. The maximum atomic E-state index is 10.0. The van der Waals surface area contributed by atoms with E-state index in [0.717, 1.165) is 37.8 Å². The van der Waals surface area contributed by atoms with Gasteiger partial charge >= 0.3 is 16.8 Å². The van der Waals surface area contributed by atoms with Crippen molar-refractivity contribution in [3.05, 3.63) is 58.7 Å². The molecule has 0 aromatic heterocycles. The van der Waals surface area contributed by atoms with E-state index >= 15 is 0 Å². The predicted octanol–water partition coefficient (Wildman–Crippen LogP) is 3.17. The van der Waals surface area contributed by atoms with Crippen LogP contribution in [0.1, 0.15) is 88.5 Å². The van der Waals surface area contributed by atoms with Gasteiger partial charge in [-0.1, -0.05) is 39.8 Å². The van der Waals surface area contributed by atoms with Crippen LogP contribution in [-0.2, 0) is 26.4 Å². The molecule has 1 radical (unpaired) electrons. The second-order valence-electron chi connectivity index (χ2n) is 8.31. The molecule has 0 aliphatic rings. The van der Waals surface area contributed by atoms with Gasteiger partial charge in [0.15, 0.2) is 0 Å². The summed E-state index contributed by atoms with van der Waals surface area (Å²) in [5.41, 5.74) is 3.88. The molecule has 2 rings (SSSR count). The number of phenolic OH excluding ortho intramolecular Hbond substituents is 2. The van der Waals surface area contributed by atoms with Crippen LogP contribution >= 0.6 is 0 Å². The molecule has 2 aromatic rings. The fourth-order valence-corrected chi connectivity index (χ4v) is 2.88. The van der Waals surface area contributed by atoms with Crippen LogP contribution in [0, 0.1) is 0 Å². The molecule has 0 saturated heterocycles. The van der Waals surface area contributed by atoms with Crippen LogP contribution in [-0.4, -0.2) is 47.7 Å². The summed E-state index contributed by atoms with van der Waals surface area (Å²) >= 11 is 0. The zero-order valence-electron chi connectivity index (χ0n) is 22.4. The van der Waals surface area contributed by atoms with E-state index in [2.05, 4.69) is 37.7 Å². The molecule has 9 heteroatoms. The van der Waals surface area contributed by atoms with Gasteiger partial charge in [0.05, 0.1) is 13.1 Å². The van der Waals surface area contributed by atoms with Gasteiger partial charge in [-0.25, -0.2) is 0 Å². The summed E-state index contributed by atoms with van der Waals surface area (Å²) in [5.74, 6) is -0.774. The number of rotatable bonds is 9. The fraction of sp³-hybridized carbons (Fsp3) is 0.429. The molecule has 0 saturated carbocycles. The van der Waals surface area contributed by atoms with Gasteiger partial charge in [-0.2, -0.15) is 0 Å². The van der Waals surface area contributed by atoms with Crippen LogP contribution in [0.25, 0.3) is 0 Å². The van der Waals surface area contributed by atoms with Gasteiger partial charge in [0, 0.05) is 35.5 Å². The first-order valence-electron chi connectivity index (χ1n) is 11.9. The van der Waals surface area contributed by atoms with Crippen molar-refractivity contribution in [2.45, 2.75) is 66.2 Å². The monoisotopic (exact) mass is 557 g/mol. The van der Waals surface area contributed by atoms with Crippen molar-refractivity contribution >= 4 is 24.4 Å². The number of phenols is 2. The summed E-state index contributed by atoms with van der Waals surface area (Å²) in [7, 11) is 0. The third-order valence-corrected chi connectivity index (χ3v) is 5.28. The fourth-order valence-electron chi connectivity index (χ4n) is 2.88. The molecule has 0 bridgehead atoms. The molecule has 2 unspecified atom stereocenters. The van der Waals surface area contributed by atoms with Crippen LogP contribution in [0.3, 0.4) is 0 Å². The average Bonchev–Trinajstić information content (AvgIpc) is 2.81. The van der Waals surface area contributed by atoms with Crippen molar-refractivity contribution in [3.8, 4) is 11.5 Å². The third-order valence-electron chi connectivity index (χ3n) is 5.28. The molecular formula is C28H38CoN2O6. The molecule has 0 aliphatic heterocycles. The standard InChI is InChI=1S/C24H32N2O2.2C2H4O2.Co/c1-5-17(3)19-7-9-23(27)21(13-19)15-25-11-12-26-16-22-14-20(18(4)6-2)8-10-24(22)28;2*1-2(3)4;/h7-10,13-18,27-28H,5-6,11-12H2,1-4H3;2*1H3,(H,3,4);/q;;;+2/p-2. The molecule has 205 valence electrons. The second-order valence-corrected chi connectivity index (χ2v) is 8.31. The van der Waals surface area contributed by atoms with Gasteiger partial charge in [-0.15, -0.1) is 0 Å². The number of aliphatic carboxylic acids is 2. The van der Waals surface area contributed by atoms with Crippen molar-refractivity contribution in [1.29, 1.82) is 0 Å². The van der Waals surface area contributed by atoms with E-state index in [-0.39, 0.29) is 28.3 Å². The van der Waals surface area contributed by atoms with E-state index in [1.54, 1.807) is 24.6 Å². The minimum absolute atomic E-state index is 0. The summed E-state index contributed by atoms with van der Waals surface area (Å²) in [4.78, 5) is 26.5. The Labute approximate surface area is 230 Å². The Morgan fingerprint density at radius 1 is 0.784 bits per heavy atom. The van der Waals surface area contributed by atoms with Crippen molar-refractivity contribution in [1.82, 2.24) is 0 Å². The van der Waals surface area contributed by atoms with Crippen molar-refractivity contribution in [2.24, 2.45) is 9.98 Å². The minimum atomic E-state index is -1.08.